The van der Waals surface area contributed by atoms with Crippen molar-refractivity contribution in [3.63, 3.8) is 0 Å². The zero-order valence-electron chi connectivity index (χ0n) is 21.9. The van der Waals surface area contributed by atoms with Gasteiger partial charge in [0.05, 0.1) is 18.3 Å². The predicted octanol–water partition coefficient (Wildman–Crippen LogP) is 4.68. The lowest BCUT2D eigenvalue weighted by atomic mass is 10.0. The third kappa shape index (κ3) is 4.30. The summed E-state index contributed by atoms with van der Waals surface area (Å²) in [7, 11) is 3.48. The van der Waals surface area contributed by atoms with Crippen molar-refractivity contribution in [2.75, 3.05) is 20.2 Å². The van der Waals surface area contributed by atoms with Gasteiger partial charge in [0.1, 0.15) is 22.6 Å². The fourth-order valence-electron chi connectivity index (χ4n) is 5.50. The third-order valence-corrected chi connectivity index (χ3v) is 7.71. The van der Waals surface area contributed by atoms with E-state index in [-0.39, 0.29) is 17.6 Å². The number of pyridine rings is 1. The average Bonchev–Trinajstić information content (AvgIpc) is 3.56. The van der Waals surface area contributed by atoms with Crippen LogP contribution in [0.3, 0.4) is 0 Å². The zero-order valence-corrected chi connectivity index (χ0v) is 21.9. The van der Waals surface area contributed by atoms with Gasteiger partial charge in [0.25, 0.3) is 11.8 Å². The van der Waals surface area contributed by atoms with Gasteiger partial charge in [0.2, 0.25) is 0 Å². The van der Waals surface area contributed by atoms with E-state index in [1.165, 1.54) is 6.07 Å². The number of halogens is 2. The second-order valence-corrected chi connectivity index (χ2v) is 10.8. The Morgan fingerprint density at radius 2 is 1.97 bits per heavy atom. The van der Waals surface area contributed by atoms with Gasteiger partial charge in [0.15, 0.2) is 5.82 Å². The lowest BCUT2D eigenvalue weighted by Gasteiger charge is -2.30. The monoisotopic (exact) mass is 522 g/mol. The maximum atomic E-state index is 14.1. The van der Waals surface area contributed by atoms with Crippen LogP contribution in [0.4, 0.5) is 8.78 Å². The minimum atomic E-state index is -3.03. The molecule has 6 rings (SSSR count). The maximum absolute atomic E-state index is 14.1. The van der Waals surface area contributed by atoms with Gasteiger partial charge < -0.3 is 24.5 Å². The summed E-state index contributed by atoms with van der Waals surface area (Å²) >= 11 is 0. The van der Waals surface area contributed by atoms with Gasteiger partial charge in [0, 0.05) is 50.6 Å². The van der Waals surface area contributed by atoms with Crippen molar-refractivity contribution in [3.05, 3.63) is 41.6 Å². The molecule has 0 radical (unpaired) electrons. The van der Waals surface area contributed by atoms with Crippen molar-refractivity contribution in [1.29, 1.82) is 0 Å². The molecular formula is C28H32F2N6O2. The zero-order chi connectivity index (χ0) is 26.8. The average molecular weight is 523 g/mol. The van der Waals surface area contributed by atoms with Gasteiger partial charge in [-0.25, -0.2) is 9.97 Å². The molecule has 0 bridgehead atoms. The summed E-state index contributed by atoms with van der Waals surface area (Å²) in [5.74, 6) is -1.43. The first-order valence-corrected chi connectivity index (χ1v) is 13.1. The molecular weight excluding hydrogens is 490 g/mol. The van der Waals surface area contributed by atoms with Crippen LogP contribution in [0.25, 0.3) is 33.6 Å². The lowest BCUT2D eigenvalue weighted by Crippen LogP contribution is -2.45. The van der Waals surface area contributed by atoms with E-state index < -0.39 is 5.92 Å². The molecule has 38 heavy (non-hydrogen) atoms. The number of rotatable bonds is 6. The number of imidazole rings is 1. The molecule has 10 heteroatoms. The van der Waals surface area contributed by atoms with Gasteiger partial charge >= 0.3 is 0 Å². The Hall–Kier alpha value is -3.53. The molecule has 3 aromatic heterocycles. The van der Waals surface area contributed by atoms with Crippen molar-refractivity contribution in [2.24, 2.45) is 18.7 Å². The number of nitrogens with two attached hydrogens (primary N) is 1. The molecule has 4 aromatic rings. The van der Waals surface area contributed by atoms with E-state index in [1.807, 2.05) is 22.2 Å². The quantitative estimate of drug-likeness (QED) is 0.397. The number of benzene rings is 1. The number of aryl methyl sites for hydroxylation is 1. The summed E-state index contributed by atoms with van der Waals surface area (Å²) in [6, 6.07) is 8.58. The molecule has 1 saturated carbocycles. The number of amides is 1. The Balaban J connectivity index is 1.49. The maximum Gasteiger partial charge on any atom is 0.287 e. The van der Waals surface area contributed by atoms with Crippen molar-refractivity contribution in [2.45, 2.75) is 51.1 Å². The van der Waals surface area contributed by atoms with E-state index in [0.717, 1.165) is 49.2 Å². The fourth-order valence-corrected chi connectivity index (χ4v) is 5.50. The fraction of sp³-hybridized carbons (Fsp3) is 0.464. The number of alkyl halides is 2. The largest absolute Gasteiger partial charge is 0.494 e. The van der Waals surface area contributed by atoms with Crippen molar-refractivity contribution >= 4 is 28.0 Å². The highest BCUT2D eigenvalue weighted by molar-refractivity contribution is 6.00. The molecule has 2 N–H and O–H groups in total. The molecule has 1 saturated heterocycles. The van der Waals surface area contributed by atoms with Crippen LogP contribution in [-0.2, 0) is 19.5 Å². The predicted molar refractivity (Wildman–Crippen MR) is 141 cm³/mol. The van der Waals surface area contributed by atoms with Crippen LogP contribution in [0.2, 0.25) is 0 Å². The van der Waals surface area contributed by atoms with Crippen molar-refractivity contribution < 1.29 is 18.3 Å². The minimum Gasteiger partial charge on any atom is -0.494 e. The molecule has 2 fully saturated rings. The molecule has 1 aliphatic heterocycles. The van der Waals surface area contributed by atoms with E-state index in [2.05, 4.69) is 4.98 Å². The number of ether oxygens (including phenoxy) is 1. The smallest absolute Gasteiger partial charge is 0.287 e. The van der Waals surface area contributed by atoms with Gasteiger partial charge in [-0.15, -0.1) is 0 Å². The van der Waals surface area contributed by atoms with Crippen molar-refractivity contribution in [3.8, 4) is 17.3 Å². The highest BCUT2D eigenvalue weighted by Gasteiger charge is 2.30. The van der Waals surface area contributed by atoms with E-state index in [1.54, 1.807) is 30.2 Å². The molecule has 1 aromatic carbocycles. The molecule has 8 nitrogen and oxygen atoms in total. The Labute approximate surface area is 219 Å². The number of aromatic nitrogens is 4. The number of carbonyl (C=O) groups excluding carboxylic acids is 1. The molecule has 4 heterocycles. The van der Waals surface area contributed by atoms with E-state index in [0.29, 0.717) is 53.9 Å². The third-order valence-electron chi connectivity index (χ3n) is 7.71. The Kier molecular flexibility index (Phi) is 5.90. The highest BCUT2D eigenvalue weighted by Crippen LogP contribution is 2.38. The van der Waals surface area contributed by atoms with Gasteiger partial charge in [-0.1, -0.05) is 0 Å². The topological polar surface area (TPSA) is 91.2 Å². The number of likely N-dealkylation sites (tertiary alicyclic amines) is 1. The number of hydrogen-bond donors (Lipinski definition) is 1. The van der Waals surface area contributed by atoms with Crippen LogP contribution in [0.1, 0.15) is 48.7 Å². The van der Waals surface area contributed by atoms with Crippen LogP contribution >= 0.6 is 0 Å². The summed E-state index contributed by atoms with van der Waals surface area (Å²) < 4.78 is 37.9. The molecule has 1 unspecified atom stereocenters. The van der Waals surface area contributed by atoms with Crippen molar-refractivity contribution in [1.82, 2.24) is 24.0 Å². The number of nitrogens with zero attached hydrogens (tertiary/aromatic N) is 5. The van der Waals surface area contributed by atoms with E-state index in [9.17, 15) is 13.6 Å². The van der Waals surface area contributed by atoms with Gasteiger partial charge in [-0.3, -0.25) is 4.79 Å². The summed E-state index contributed by atoms with van der Waals surface area (Å²) in [4.78, 5) is 24.4. The van der Waals surface area contributed by atoms with Crippen LogP contribution in [-0.4, -0.2) is 56.2 Å². The standard InChI is InChI=1S/C28H32F2N6O2/c1-28(29,30)23-9-8-17-12-21(36(25(17)33-23)14-16-6-7-16)26-32-20-11-18(13-22(38-3)24(20)34(26)2)27(37)35-10-4-5-19(31)15-35/h8-9,11-13,16,19H,4-7,10,14-15,31H2,1-3H3. The van der Waals surface area contributed by atoms with Crippen LogP contribution in [0.15, 0.2) is 30.3 Å². The number of piperidine rings is 1. The minimum absolute atomic E-state index is 0.0186. The molecule has 1 amide bonds. The summed E-state index contributed by atoms with van der Waals surface area (Å²) in [6.07, 6.45) is 4.00. The molecule has 2 aliphatic rings. The second kappa shape index (κ2) is 9.04. The summed E-state index contributed by atoms with van der Waals surface area (Å²) in [5.41, 5.74) is 9.07. The molecule has 1 aliphatic carbocycles. The first-order valence-electron chi connectivity index (χ1n) is 13.1. The Morgan fingerprint density at radius 1 is 1.18 bits per heavy atom. The van der Waals surface area contributed by atoms with Gasteiger partial charge in [-0.05, 0) is 61.9 Å². The molecule has 0 spiro atoms. The Morgan fingerprint density at radius 3 is 2.66 bits per heavy atom. The van der Waals surface area contributed by atoms with Crippen LogP contribution in [0.5, 0.6) is 5.75 Å². The van der Waals surface area contributed by atoms with E-state index in [4.69, 9.17) is 15.5 Å². The second-order valence-electron chi connectivity index (χ2n) is 10.8. The molecule has 200 valence electrons. The SMILES string of the molecule is COc1cc(C(=O)N2CCCC(N)C2)cc2nc(-c3cc4ccc(C(C)(F)F)nc4n3CC3CC3)n(C)c12. The molecule has 1 atom stereocenters. The summed E-state index contributed by atoms with van der Waals surface area (Å²) in [6.45, 7) is 2.75. The van der Waals surface area contributed by atoms with Crippen LogP contribution in [0, 0.1) is 5.92 Å². The highest BCUT2D eigenvalue weighted by atomic mass is 19.3. The number of carbonyl (C=O) groups is 1. The lowest BCUT2D eigenvalue weighted by molar-refractivity contribution is 0.0130. The normalized spacial score (nSPS) is 18.5. The first-order chi connectivity index (χ1) is 18.1. The van der Waals surface area contributed by atoms with Crippen LogP contribution < -0.4 is 10.5 Å². The van der Waals surface area contributed by atoms with Gasteiger partial charge in [-0.2, -0.15) is 8.78 Å². The number of methoxy groups -OCH3 is 1. The summed E-state index contributed by atoms with van der Waals surface area (Å²) in [5, 5.41) is 0.782. The van der Waals surface area contributed by atoms with E-state index >= 15 is 0 Å². The number of hydrogen-bond acceptors (Lipinski definition) is 5. The Bertz CT molecular complexity index is 1550. The first kappa shape index (κ1) is 24.8. The number of fused-ring (bicyclic) bond motifs is 2.